The molecule has 2 nitrogen and oxygen atoms in total. The van der Waals surface area contributed by atoms with Crippen molar-refractivity contribution in [2.45, 2.75) is 12.8 Å². The van der Waals surface area contributed by atoms with E-state index in [1.807, 2.05) is 12.2 Å². The molecular formula is C42H28N2. The van der Waals surface area contributed by atoms with Gasteiger partial charge in [0.15, 0.2) is 0 Å². The van der Waals surface area contributed by atoms with Crippen molar-refractivity contribution in [3.8, 4) is 11.4 Å². The largest absolute Gasteiger partial charge is 0.312 e. The van der Waals surface area contributed by atoms with E-state index in [0.717, 1.165) is 18.4 Å². The summed E-state index contributed by atoms with van der Waals surface area (Å²) in [5.41, 5.74) is 20.2. The topological polar surface area (TPSA) is 9.86 Å². The predicted molar refractivity (Wildman–Crippen MR) is 184 cm³/mol. The minimum atomic E-state index is 0.971. The highest BCUT2D eigenvalue weighted by Gasteiger charge is 2.24. The SMILES string of the molecule is C1=C=C(c2ccccc2-n2c3c(c4ccccc42)C=C(c2ccc4c(c2)c2ccccc2n4-c2ccccc2)CC3)C=CC=1. The molecule has 2 aliphatic carbocycles. The Morgan fingerprint density at radius 3 is 2.16 bits per heavy atom. The van der Waals surface area contributed by atoms with Crippen LogP contribution in [0.2, 0.25) is 0 Å². The van der Waals surface area contributed by atoms with Gasteiger partial charge in [-0.25, -0.2) is 0 Å². The zero-order valence-electron chi connectivity index (χ0n) is 24.2. The lowest BCUT2D eigenvalue weighted by Gasteiger charge is -2.20. The summed E-state index contributed by atoms with van der Waals surface area (Å²) in [6.07, 6.45) is 10.5. The lowest BCUT2D eigenvalue weighted by Crippen LogP contribution is -2.07. The second-order valence-corrected chi connectivity index (χ2v) is 11.5. The smallest absolute Gasteiger partial charge is 0.0543 e. The van der Waals surface area contributed by atoms with Gasteiger partial charge in [0.05, 0.1) is 22.2 Å². The van der Waals surface area contributed by atoms with Gasteiger partial charge >= 0.3 is 0 Å². The molecule has 0 saturated heterocycles. The van der Waals surface area contributed by atoms with E-state index in [-0.39, 0.29) is 0 Å². The number of hydrogen-bond donors (Lipinski definition) is 0. The lowest BCUT2D eigenvalue weighted by molar-refractivity contribution is 0.896. The molecule has 7 aromatic rings. The van der Waals surface area contributed by atoms with Gasteiger partial charge in [0.1, 0.15) is 0 Å². The summed E-state index contributed by atoms with van der Waals surface area (Å²) in [4.78, 5) is 0. The number of nitrogens with zero attached hydrogens (tertiary/aromatic N) is 2. The molecule has 0 amide bonds. The summed E-state index contributed by atoms with van der Waals surface area (Å²) < 4.78 is 4.86. The number of benzene rings is 5. The molecule has 0 saturated carbocycles. The first-order chi connectivity index (χ1) is 21.8. The van der Waals surface area contributed by atoms with E-state index in [1.54, 1.807) is 0 Å². The van der Waals surface area contributed by atoms with E-state index in [9.17, 15) is 0 Å². The minimum absolute atomic E-state index is 0.971. The third-order valence-electron chi connectivity index (χ3n) is 9.11. The highest BCUT2D eigenvalue weighted by Crippen LogP contribution is 2.41. The monoisotopic (exact) mass is 560 g/mol. The maximum absolute atomic E-state index is 3.33. The number of para-hydroxylation sites is 4. The lowest BCUT2D eigenvalue weighted by atomic mass is 9.90. The molecule has 2 aliphatic rings. The van der Waals surface area contributed by atoms with Crippen molar-refractivity contribution in [1.29, 1.82) is 0 Å². The standard InChI is InChI=1S/C42H28N2/c1-3-13-29(14-4-1)33-17-7-10-20-38(33)44-40-22-12-9-19-35(40)37-28-31(24-26-42(37)44)30-23-25-41-36(27-30)34-18-8-11-21-39(34)43(41)32-15-5-2-6-16-32/h1-3,5-13,15-23,25,27-28H,24,26H2. The molecular weight excluding hydrogens is 532 g/mol. The van der Waals surface area contributed by atoms with E-state index in [1.165, 1.54) is 72.0 Å². The Balaban J connectivity index is 1.23. The number of rotatable bonds is 4. The fraction of sp³-hybridized carbons (Fsp3) is 0.0476. The summed E-state index contributed by atoms with van der Waals surface area (Å²) in [6, 6.07) is 44.0. The first-order valence-electron chi connectivity index (χ1n) is 15.3. The molecule has 0 unspecified atom stereocenters. The summed E-state index contributed by atoms with van der Waals surface area (Å²) >= 11 is 0. The van der Waals surface area contributed by atoms with E-state index < -0.39 is 0 Å². The molecule has 0 bridgehead atoms. The summed E-state index contributed by atoms with van der Waals surface area (Å²) in [5.74, 6) is 0. The van der Waals surface area contributed by atoms with Crippen molar-refractivity contribution in [3.63, 3.8) is 0 Å². The minimum Gasteiger partial charge on any atom is -0.312 e. The zero-order chi connectivity index (χ0) is 29.0. The van der Waals surface area contributed by atoms with Gasteiger partial charge in [-0.3, -0.25) is 0 Å². The average Bonchev–Trinajstić information content (AvgIpc) is 3.61. The molecule has 44 heavy (non-hydrogen) atoms. The van der Waals surface area contributed by atoms with Crippen LogP contribution in [-0.4, -0.2) is 9.13 Å². The molecule has 206 valence electrons. The van der Waals surface area contributed by atoms with Crippen LogP contribution in [0.3, 0.4) is 0 Å². The van der Waals surface area contributed by atoms with Crippen LogP contribution in [0.1, 0.15) is 28.8 Å². The Hall–Kier alpha value is -5.78. The van der Waals surface area contributed by atoms with Gasteiger partial charge < -0.3 is 9.13 Å². The number of aromatic nitrogens is 2. The molecule has 2 aromatic heterocycles. The molecule has 0 aliphatic heterocycles. The molecule has 5 aromatic carbocycles. The van der Waals surface area contributed by atoms with Crippen molar-refractivity contribution < 1.29 is 0 Å². The first-order valence-corrected chi connectivity index (χ1v) is 15.3. The molecule has 0 spiro atoms. The number of fused-ring (bicyclic) bond motifs is 6. The molecule has 9 rings (SSSR count). The summed E-state index contributed by atoms with van der Waals surface area (Å²) in [7, 11) is 0. The molecule has 2 heterocycles. The van der Waals surface area contributed by atoms with Gasteiger partial charge in [0, 0.05) is 44.2 Å². The van der Waals surface area contributed by atoms with Crippen molar-refractivity contribution in [3.05, 3.63) is 173 Å². The molecule has 0 N–H and O–H groups in total. The van der Waals surface area contributed by atoms with Crippen LogP contribution in [0.4, 0.5) is 0 Å². The second kappa shape index (κ2) is 9.90. The maximum Gasteiger partial charge on any atom is 0.0543 e. The highest BCUT2D eigenvalue weighted by molar-refractivity contribution is 6.10. The van der Waals surface area contributed by atoms with Crippen LogP contribution < -0.4 is 0 Å². The van der Waals surface area contributed by atoms with Crippen LogP contribution in [-0.2, 0) is 6.42 Å². The van der Waals surface area contributed by atoms with Gasteiger partial charge in [0.2, 0.25) is 0 Å². The Bertz CT molecular complexity index is 2450. The number of hydrogen-bond acceptors (Lipinski definition) is 0. The molecule has 0 atom stereocenters. The summed E-state index contributed by atoms with van der Waals surface area (Å²) in [5, 5.41) is 3.87. The zero-order valence-corrected chi connectivity index (χ0v) is 24.2. The van der Waals surface area contributed by atoms with Gasteiger partial charge in [-0.2, -0.15) is 0 Å². The van der Waals surface area contributed by atoms with Crippen LogP contribution >= 0.6 is 0 Å². The van der Waals surface area contributed by atoms with E-state index >= 15 is 0 Å². The van der Waals surface area contributed by atoms with Crippen LogP contribution in [0, 0.1) is 0 Å². The van der Waals surface area contributed by atoms with Crippen molar-refractivity contribution in [1.82, 2.24) is 9.13 Å². The normalized spacial score (nSPS) is 13.9. The fourth-order valence-electron chi connectivity index (χ4n) is 7.16. The van der Waals surface area contributed by atoms with E-state index in [2.05, 4.69) is 154 Å². The average molecular weight is 561 g/mol. The third-order valence-corrected chi connectivity index (χ3v) is 9.11. The van der Waals surface area contributed by atoms with Crippen molar-refractivity contribution in [2.24, 2.45) is 0 Å². The van der Waals surface area contributed by atoms with E-state index in [4.69, 9.17) is 0 Å². The van der Waals surface area contributed by atoms with Crippen molar-refractivity contribution in [2.75, 3.05) is 0 Å². The first kappa shape index (κ1) is 24.8. The van der Waals surface area contributed by atoms with Gasteiger partial charge in [-0.05, 0) is 84.7 Å². The van der Waals surface area contributed by atoms with Gasteiger partial charge in [-0.1, -0.05) is 96.4 Å². The van der Waals surface area contributed by atoms with Crippen LogP contribution in [0.15, 0.2) is 151 Å². The Kier molecular flexibility index (Phi) is 5.58. The maximum atomic E-state index is 3.33. The van der Waals surface area contributed by atoms with Gasteiger partial charge in [0.25, 0.3) is 0 Å². The van der Waals surface area contributed by atoms with Gasteiger partial charge in [-0.15, -0.1) is 0 Å². The summed E-state index contributed by atoms with van der Waals surface area (Å²) in [6.45, 7) is 0. The Morgan fingerprint density at radius 1 is 0.591 bits per heavy atom. The third kappa shape index (κ3) is 3.77. The van der Waals surface area contributed by atoms with Crippen molar-refractivity contribution >= 4 is 49.9 Å². The Labute approximate surface area is 256 Å². The fourth-order valence-corrected chi connectivity index (χ4v) is 7.16. The van der Waals surface area contributed by atoms with E-state index in [0.29, 0.717) is 0 Å². The molecule has 0 fully saturated rings. The van der Waals surface area contributed by atoms with Crippen LogP contribution in [0.5, 0.6) is 0 Å². The highest BCUT2D eigenvalue weighted by atomic mass is 15.0. The molecule has 2 heteroatoms. The molecule has 0 radical (unpaired) electrons. The predicted octanol–water partition coefficient (Wildman–Crippen LogP) is 10.5. The Morgan fingerprint density at radius 2 is 1.32 bits per heavy atom. The quantitative estimate of drug-likeness (QED) is 0.190. The second-order valence-electron chi connectivity index (χ2n) is 11.5. The van der Waals surface area contributed by atoms with Crippen LogP contribution in [0.25, 0.3) is 61.3 Å². The number of allylic oxidation sites excluding steroid dienone is 5.